The first-order chi connectivity index (χ1) is 54.4. The summed E-state index contributed by atoms with van der Waals surface area (Å²) in [5.41, 5.74) is 11.0. The number of nitrogens with one attached hydrogen (secondary N) is 2. The van der Waals surface area contributed by atoms with Crippen LogP contribution in [0.25, 0.3) is 10.4 Å². The van der Waals surface area contributed by atoms with Crippen molar-refractivity contribution >= 4 is 88.8 Å². The lowest BCUT2D eigenvalue weighted by Crippen LogP contribution is -2.64. The van der Waals surface area contributed by atoms with Crippen molar-refractivity contribution in [3.8, 4) is 34.5 Å². The third-order valence-electron chi connectivity index (χ3n) is 17.5. The summed E-state index contributed by atoms with van der Waals surface area (Å²) in [4.78, 5) is 162. The Hall–Kier alpha value is -12.5. The van der Waals surface area contributed by atoms with Gasteiger partial charge < -0.3 is 105 Å². The molecule has 4 amide bonds. The molecule has 0 bridgehead atoms. The number of nitrogens with zero attached hydrogens (tertiary/aromatic N) is 5. The van der Waals surface area contributed by atoms with Crippen molar-refractivity contribution in [2.45, 2.75) is 160 Å². The number of anilines is 2. The molecule has 4 heterocycles. The van der Waals surface area contributed by atoms with Gasteiger partial charge in [0.2, 0.25) is 24.8 Å². The summed E-state index contributed by atoms with van der Waals surface area (Å²) in [5.74, 6) is -8.65. The fourth-order valence-electron chi connectivity index (χ4n) is 12.6. The minimum Gasteiger partial charge on any atom is -0.493 e. The minimum absolute atomic E-state index is 0.0440. The van der Waals surface area contributed by atoms with E-state index in [1.165, 1.54) is 90.7 Å². The smallest absolute Gasteiger partial charge is 0.411 e. The van der Waals surface area contributed by atoms with E-state index in [-0.39, 0.29) is 108 Å². The second-order valence-corrected chi connectivity index (χ2v) is 25.9. The van der Waals surface area contributed by atoms with Crippen LogP contribution in [0.5, 0.6) is 34.5 Å². The number of methoxy groups -OCH3 is 4. The van der Waals surface area contributed by atoms with Crippen LogP contribution < -0.4 is 39.1 Å². The fraction of sp³-hybridized carbons (Fsp3) is 0.467. The molecule has 4 aliphatic rings. The first-order valence-corrected chi connectivity index (χ1v) is 35.3. The normalized spacial score (nSPS) is 21.5. The molecule has 614 valence electrons. The Kier molecular flexibility index (Phi) is 31.1. The molecule has 4 aromatic carbocycles. The standard InChI is InChI=1S/C75H87N7O32/c1-37-24-47(33-83)81(31-37)68(91)50-27-56(97-9)58(29-52(50)77-74(95)103-35-45-16-19-49(20-17-45)111-72-66(109-43(7)89)62(107-41(5)87)60(105-39(3)85)64(113-72)70(93)99-11)101-22-14-13-15-23-102-59-30-53(51(28-57(59)98-10)69(92)82-32-38(2)25-48(82)34-84)78-75(96)104-36-46-18-21-55(54(26-46)79-80-76)112-73-67(110-44(8)90)63(108-42(6)88)61(106-40(4)86)65(114-73)71(94)100-12/h16-21,26-30,47-48,60-67,72-73,83-84H,1-2,13-15,22-25,31-36H2,3-12H3,(H,77,95)(H,78,96)/t47-,48-,60-,61-,62-,63-,64-,65-,66+,67+,72+,73+/m0/s1. The van der Waals surface area contributed by atoms with Crippen molar-refractivity contribution in [1.29, 1.82) is 0 Å². The van der Waals surface area contributed by atoms with Crippen molar-refractivity contribution in [1.82, 2.24) is 9.80 Å². The first kappa shape index (κ1) is 87.1. The van der Waals surface area contributed by atoms with Crippen LogP contribution in [0.2, 0.25) is 0 Å². The van der Waals surface area contributed by atoms with Crippen molar-refractivity contribution in [2.75, 3.05) is 78.6 Å². The number of aliphatic hydroxyl groups is 2. The predicted octanol–water partition coefficient (Wildman–Crippen LogP) is 6.44. The first-order valence-electron chi connectivity index (χ1n) is 35.3. The lowest BCUT2D eigenvalue weighted by molar-refractivity contribution is -0.282. The number of amides is 4. The molecular formula is C75H87N7O32. The van der Waals surface area contributed by atoms with Crippen LogP contribution in [0.3, 0.4) is 0 Å². The zero-order valence-corrected chi connectivity index (χ0v) is 63.8. The van der Waals surface area contributed by atoms with Crippen LogP contribution in [0.1, 0.15) is 105 Å². The molecule has 0 unspecified atom stereocenters. The number of unbranched alkanes of at least 4 members (excludes halogenated alkanes) is 2. The number of hydrogen-bond acceptors (Lipinski definition) is 33. The monoisotopic (exact) mass is 1600 g/mol. The van der Waals surface area contributed by atoms with E-state index >= 15 is 0 Å². The van der Waals surface area contributed by atoms with Crippen LogP contribution in [0, 0.1) is 0 Å². The third kappa shape index (κ3) is 22.9. The zero-order chi connectivity index (χ0) is 83.2. The maximum Gasteiger partial charge on any atom is 0.411 e. The number of likely N-dealkylation sites (tertiary alicyclic amines) is 2. The van der Waals surface area contributed by atoms with Gasteiger partial charge >= 0.3 is 59.9 Å². The van der Waals surface area contributed by atoms with Crippen LogP contribution in [-0.2, 0) is 108 Å². The van der Waals surface area contributed by atoms with Gasteiger partial charge in [-0.15, -0.1) is 0 Å². The number of benzene rings is 4. The number of carbonyl (C=O) groups is 12. The molecule has 0 spiro atoms. The SMILES string of the molecule is C=C1C[C@@H](CO)N(C(=O)c2cc(OC)c(OCCCCCOc3cc(NC(=O)OCc4ccc(O[C@@H]5O[C@H](C(=O)OC)[C@@H](OC(C)=O)[C@H](OC(C)=O)[C@H]5OC(C)=O)c(N=[N+]=[N-])c4)c(C(=O)N4CC(=C)C[C@H]4CO)cc3OC)cc2NC(=O)OCc2ccc(O[C@@H]3O[C@H](C(=O)OC)[C@@H](OC(C)=O)[C@H](OC(C)=O)[C@H]3OC(C)=O)cc2)C1. The van der Waals surface area contributed by atoms with Crippen LogP contribution in [0.15, 0.2) is 96.1 Å². The largest absolute Gasteiger partial charge is 0.493 e. The zero-order valence-electron chi connectivity index (χ0n) is 63.8. The summed E-state index contributed by atoms with van der Waals surface area (Å²) in [6.45, 7) is 12.8. The molecule has 4 N–H and O–H groups in total. The predicted molar refractivity (Wildman–Crippen MR) is 387 cm³/mol. The van der Waals surface area contributed by atoms with Gasteiger partial charge in [0.05, 0.1) is 95.1 Å². The second kappa shape index (κ2) is 40.7. The van der Waals surface area contributed by atoms with Crippen molar-refractivity contribution in [3.63, 3.8) is 0 Å². The molecular weight excluding hydrogens is 1510 g/mol. The highest BCUT2D eigenvalue weighted by Crippen LogP contribution is 2.41. The summed E-state index contributed by atoms with van der Waals surface area (Å²) in [6, 6.07) is 13.9. The van der Waals surface area contributed by atoms with E-state index in [2.05, 4.69) is 33.8 Å². The molecule has 0 saturated carbocycles. The highest BCUT2D eigenvalue weighted by Gasteiger charge is 2.58. The van der Waals surface area contributed by atoms with Gasteiger partial charge in [-0.2, -0.15) is 0 Å². The molecule has 0 aromatic heterocycles. The fourth-order valence-corrected chi connectivity index (χ4v) is 12.6. The minimum atomic E-state index is -1.83. The number of esters is 8. The van der Waals surface area contributed by atoms with E-state index in [0.717, 1.165) is 55.8 Å². The van der Waals surface area contributed by atoms with Gasteiger partial charge in [-0.3, -0.25) is 49.0 Å². The summed E-state index contributed by atoms with van der Waals surface area (Å²) >= 11 is 0. The van der Waals surface area contributed by atoms with E-state index in [9.17, 15) is 73.3 Å². The van der Waals surface area contributed by atoms with Gasteiger partial charge in [-0.25, -0.2) is 19.2 Å². The Morgan fingerprint density at radius 2 is 0.895 bits per heavy atom. The van der Waals surface area contributed by atoms with Gasteiger partial charge in [0.1, 0.15) is 24.7 Å². The molecule has 114 heavy (non-hydrogen) atoms. The van der Waals surface area contributed by atoms with E-state index < -0.39 is 158 Å². The van der Waals surface area contributed by atoms with Crippen LogP contribution in [0.4, 0.5) is 26.7 Å². The Labute approximate surface area is 651 Å². The van der Waals surface area contributed by atoms with E-state index in [4.69, 9.17) is 85.3 Å². The van der Waals surface area contributed by atoms with E-state index in [1.807, 2.05) is 0 Å². The number of rotatable bonds is 33. The summed E-state index contributed by atoms with van der Waals surface area (Å²) in [5, 5.41) is 29.4. The highest BCUT2D eigenvalue weighted by molar-refractivity contribution is 6.05. The highest BCUT2D eigenvalue weighted by atomic mass is 16.8. The Morgan fingerprint density at radius 1 is 0.500 bits per heavy atom. The summed E-state index contributed by atoms with van der Waals surface area (Å²) in [6.07, 6.45) is -17.2. The molecule has 12 atom stereocenters. The van der Waals surface area contributed by atoms with Crippen molar-refractivity contribution < 1.29 is 153 Å². The number of ether oxygens (including phenoxy) is 18. The third-order valence-corrected chi connectivity index (χ3v) is 17.5. The van der Waals surface area contributed by atoms with Crippen molar-refractivity contribution in [2.24, 2.45) is 5.11 Å². The molecule has 4 saturated heterocycles. The van der Waals surface area contributed by atoms with Gasteiger partial charge in [-0.1, -0.05) is 47.6 Å². The molecule has 4 fully saturated rings. The molecule has 4 aromatic rings. The van der Waals surface area contributed by atoms with E-state index in [1.54, 1.807) is 0 Å². The molecule has 4 aliphatic heterocycles. The summed E-state index contributed by atoms with van der Waals surface area (Å²) < 4.78 is 101. The van der Waals surface area contributed by atoms with Gasteiger partial charge in [0.25, 0.3) is 11.8 Å². The lowest BCUT2D eigenvalue weighted by Gasteiger charge is -2.43. The number of aliphatic hydroxyl groups excluding tert-OH is 2. The topological polar surface area (TPSA) is 491 Å². The molecule has 8 rings (SSSR count). The van der Waals surface area contributed by atoms with Gasteiger partial charge in [-0.05, 0) is 85.2 Å². The Bertz CT molecular complexity index is 4320. The Morgan fingerprint density at radius 3 is 1.29 bits per heavy atom. The average Bonchev–Trinajstić information content (AvgIpc) is 0.893. The van der Waals surface area contributed by atoms with Crippen LogP contribution >= 0.6 is 0 Å². The molecule has 39 heteroatoms. The van der Waals surface area contributed by atoms with E-state index in [0.29, 0.717) is 48.8 Å². The quantitative estimate of drug-likeness (QED) is 0.00758. The summed E-state index contributed by atoms with van der Waals surface area (Å²) in [7, 11) is 4.73. The Balaban J connectivity index is 0.935. The maximum absolute atomic E-state index is 14.4. The second-order valence-electron chi connectivity index (χ2n) is 25.9. The number of azide groups is 1. The lowest BCUT2D eigenvalue weighted by atomic mass is 9.97. The van der Waals surface area contributed by atoms with Crippen molar-refractivity contribution in [3.05, 3.63) is 124 Å². The molecule has 0 radical (unpaired) electrons. The average molecular weight is 1600 g/mol. The maximum atomic E-state index is 14.4. The van der Waals surface area contributed by atoms with Crippen LogP contribution in [-0.4, -0.2) is 233 Å². The number of hydrogen-bond donors (Lipinski definition) is 4. The van der Waals surface area contributed by atoms with Gasteiger partial charge in [0, 0.05) is 71.7 Å². The number of carbonyl (C=O) groups excluding carboxylic acids is 12. The molecule has 0 aliphatic carbocycles. The molecule has 39 nitrogen and oxygen atoms in total. The van der Waals surface area contributed by atoms with Gasteiger partial charge in [0.15, 0.2) is 59.6 Å².